The lowest BCUT2D eigenvalue weighted by molar-refractivity contribution is -0.385. The monoisotopic (exact) mass is 491 g/mol. The van der Waals surface area contributed by atoms with Gasteiger partial charge in [-0.15, -0.1) is 0 Å². The number of non-ortho nitro benzene ring substituents is 1. The third-order valence-corrected chi connectivity index (χ3v) is 6.83. The number of hydrogen-bond donors (Lipinski definition) is 1. The number of nitriles is 3. The maximum absolute atomic E-state index is 11.3. The molecule has 2 fully saturated rings. The first-order valence-electron chi connectivity index (χ1n) is 9.42. The van der Waals surface area contributed by atoms with Crippen molar-refractivity contribution in [2.45, 2.75) is 18.8 Å². The molecule has 2 aliphatic rings. The molecule has 4 rings (SSSR count). The highest BCUT2D eigenvalue weighted by molar-refractivity contribution is 9.10. The molecule has 2 aromatic carbocycles. The van der Waals surface area contributed by atoms with Crippen molar-refractivity contribution in [2.75, 3.05) is 0 Å². The number of nitro benzene ring substituents is 1. The molecular formula is C22H14BrN5O4. The quantitative estimate of drug-likeness (QED) is 0.489. The minimum Gasteiger partial charge on any atom is -0.443 e. The Balaban J connectivity index is 2.04. The summed E-state index contributed by atoms with van der Waals surface area (Å²) < 4.78 is 13.0. The maximum Gasteiger partial charge on any atom is 0.269 e. The Kier molecular flexibility index (Phi) is 4.78. The molecule has 2 aromatic rings. The fourth-order valence-electron chi connectivity index (χ4n) is 4.65. The van der Waals surface area contributed by atoms with Gasteiger partial charge in [0.05, 0.1) is 29.0 Å². The van der Waals surface area contributed by atoms with Crippen molar-refractivity contribution in [1.82, 2.24) is 0 Å². The first-order valence-corrected chi connectivity index (χ1v) is 10.2. The smallest absolute Gasteiger partial charge is 0.269 e. The Morgan fingerprint density at radius 3 is 2.34 bits per heavy atom. The standard InChI is InChI=1S/C22H14BrN5O4/c1-13-21(12-26)19(27)32-22(13,15-5-7-16(23)8-6-15)31-18(20(21,10-24)11-25)14-3-2-4-17(9-14)28(29)30/h2-9,13,18,27H,1H3. The Labute approximate surface area is 191 Å². The van der Waals surface area contributed by atoms with Crippen LogP contribution in [-0.2, 0) is 15.3 Å². The van der Waals surface area contributed by atoms with Gasteiger partial charge in [0.15, 0.2) is 5.41 Å². The van der Waals surface area contributed by atoms with Gasteiger partial charge in [-0.05, 0) is 17.7 Å². The second-order valence-corrected chi connectivity index (χ2v) is 8.54. The third-order valence-electron chi connectivity index (χ3n) is 6.30. The van der Waals surface area contributed by atoms with Gasteiger partial charge in [-0.3, -0.25) is 15.5 Å². The lowest BCUT2D eigenvalue weighted by atomic mass is 9.53. The summed E-state index contributed by atoms with van der Waals surface area (Å²) in [5.74, 6) is -3.12. The van der Waals surface area contributed by atoms with Crippen LogP contribution in [0.1, 0.15) is 24.2 Å². The van der Waals surface area contributed by atoms with Crippen LogP contribution in [0.4, 0.5) is 5.69 Å². The van der Waals surface area contributed by atoms with Crippen molar-refractivity contribution in [3.8, 4) is 18.2 Å². The zero-order valence-electron chi connectivity index (χ0n) is 16.6. The van der Waals surface area contributed by atoms with Crippen molar-refractivity contribution in [3.05, 3.63) is 74.2 Å². The van der Waals surface area contributed by atoms with Crippen LogP contribution in [0.3, 0.4) is 0 Å². The van der Waals surface area contributed by atoms with Crippen molar-refractivity contribution in [2.24, 2.45) is 16.7 Å². The largest absolute Gasteiger partial charge is 0.443 e. The van der Waals surface area contributed by atoms with E-state index in [4.69, 9.17) is 14.9 Å². The van der Waals surface area contributed by atoms with E-state index < -0.39 is 39.5 Å². The van der Waals surface area contributed by atoms with Gasteiger partial charge in [-0.2, -0.15) is 15.8 Å². The zero-order chi connectivity index (χ0) is 23.3. The molecule has 32 heavy (non-hydrogen) atoms. The Morgan fingerprint density at radius 2 is 1.78 bits per heavy atom. The van der Waals surface area contributed by atoms with Gasteiger partial charge < -0.3 is 9.47 Å². The average molecular weight is 492 g/mol. The highest BCUT2D eigenvalue weighted by Gasteiger charge is 2.79. The predicted octanol–water partition coefficient (Wildman–Crippen LogP) is 4.47. The first-order chi connectivity index (χ1) is 15.2. The molecule has 1 N–H and O–H groups in total. The molecule has 0 radical (unpaired) electrons. The lowest BCUT2D eigenvalue weighted by Crippen LogP contribution is -2.57. The van der Waals surface area contributed by atoms with Crippen molar-refractivity contribution >= 4 is 27.5 Å². The number of nitrogens with one attached hydrogen (secondary N) is 1. The summed E-state index contributed by atoms with van der Waals surface area (Å²) in [5, 5.41) is 50.6. The van der Waals surface area contributed by atoms with Gasteiger partial charge in [0.1, 0.15) is 6.10 Å². The number of benzene rings is 2. The molecule has 10 heteroatoms. The molecule has 0 amide bonds. The normalized spacial score (nSPS) is 29.8. The van der Waals surface area contributed by atoms with E-state index in [2.05, 4.69) is 15.9 Å². The lowest BCUT2D eigenvalue weighted by Gasteiger charge is -2.48. The second kappa shape index (κ2) is 7.13. The molecule has 2 bridgehead atoms. The van der Waals surface area contributed by atoms with Crippen molar-refractivity contribution in [1.29, 1.82) is 21.2 Å². The molecule has 2 heterocycles. The molecule has 2 saturated heterocycles. The summed E-state index contributed by atoms with van der Waals surface area (Å²) in [6, 6.07) is 18.1. The summed E-state index contributed by atoms with van der Waals surface area (Å²) in [5.41, 5.74) is -3.79. The van der Waals surface area contributed by atoms with Gasteiger partial charge >= 0.3 is 0 Å². The number of rotatable bonds is 3. The van der Waals surface area contributed by atoms with Crippen LogP contribution in [0.25, 0.3) is 0 Å². The van der Waals surface area contributed by atoms with E-state index in [1.165, 1.54) is 24.3 Å². The van der Waals surface area contributed by atoms with Crippen LogP contribution in [0.15, 0.2) is 53.0 Å². The molecule has 4 atom stereocenters. The van der Waals surface area contributed by atoms with Crippen LogP contribution in [0.2, 0.25) is 0 Å². The SMILES string of the molecule is CC1C2(c3ccc(Br)cc3)OC(=N)C1(C#N)C(C#N)(C#N)C(c1cccc([N+](=O)[O-])c1)O2. The summed E-state index contributed by atoms with van der Waals surface area (Å²) >= 11 is 3.36. The molecule has 9 nitrogen and oxygen atoms in total. The third kappa shape index (κ3) is 2.47. The van der Waals surface area contributed by atoms with Crippen LogP contribution >= 0.6 is 15.9 Å². The first kappa shape index (κ1) is 21.5. The van der Waals surface area contributed by atoms with E-state index in [0.717, 1.165) is 4.47 Å². The van der Waals surface area contributed by atoms with Crippen LogP contribution < -0.4 is 0 Å². The molecule has 0 spiro atoms. The summed E-state index contributed by atoms with van der Waals surface area (Å²) in [4.78, 5) is 10.7. The van der Waals surface area contributed by atoms with Crippen molar-refractivity contribution < 1.29 is 14.4 Å². The Bertz CT molecular complexity index is 1260. The highest BCUT2D eigenvalue weighted by Crippen LogP contribution is 2.69. The number of halogens is 1. The Hall–Kier alpha value is -3.78. The van der Waals surface area contributed by atoms with Crippen LogP contribution in [0, 0.1) is 66.3 Å². The van der Waals surface area contributed by atoms with E-state index in [-0.39, 0.29) is 11.3 Å². The molecule has 0 aliphatic carbocycles. The Morgan fingerprint density at radius 1 is 1.12 bits per heavy atom. The molecule has 158 valence electrons. The van der Waals surface area contributed by atoms with E-state index in [9.17, 15) is 25.9 Å². The van der Waals surface area contributed by atoms with E-state index in [0.29, 0.717) is 5.56 Å². The second-order valence-electron chi connectivity index (χ2n) is 7.63. The number of nitrogens with zero attached hydrogens (tertiary/aromatic N) is 4. The number of fused-ring (bicyclic) bond motifs is 2. The van der Waals surface area contributed by atoms with Crippen LogP contribution in [0.5, 0.6) is 0 Å². The average Bonchev–Trinajstić information content (AvgIpc) is 2.96. The molecule has 0 aromatic heterocycles. The van der Waals surface area contributed by atoms with Gasteiger partial charge in [-0.25, -0.2) is 0 Å². The fraction of sp³-hybridized carbons (Fsp3) is 0.273. The van der Waals surface area contributed by atoms with Gasteiger partial charge in [-0.1, -0.05) is 47.1 Å². The minimum atomic E-state index is -2.19. The van der Waals surface area contributed by atoms with E-state index in [1.54, 1.807) is 31.2 Å². The van der Waals surface area contributed by atoms with Crippen LogP contribution in [-0.4, -0.2) is 10.8 Å². The highest BCUT2D eigenvalue weighted by atomic mass is 79.9. The molecular weight excluding hydrogens is 478 g/mol. The van der Waals surface area contributed by atoms with Gasteiger partial charge in [0.25, 0.3) is 5.69 Å². The van der Waals surface area contributed by atoms with E-state index >= 15 is 0 Å². The molecule has 4 unspecified atom stereocenters. The number of hydrogen-bond acceptors (Lipinski definition) is 8. The predicted molar refractivity (Wildman–Crippen MR) is 112 cm³/mol. The fourth-order valence-corrected chi connectivity index (χ4v) is 4.92. The number of ether oxygens (including phenoxy) is 2. The van der Waals surface area contributed by atoms with E-state index in [1.807, 2.05) is 18.2 Å². The molecule has 0 saturated carbocycles. The zero-order valence-corrected chi connectivity index (χ0v) is 18.2. The molecule has 2 aliphatic heterocycles. The van der Waals surface area contributed by atoms with Crippen molar-refractivity contribution in [3.63, 3.8) is 0 Å². The minimum absolute atomic E-state index is 0.161. The summed E-state index contributed by atoms with van der Waals surface area (Å²) in [7, 11) is 0. The number of nitro groups is 1. The summed E-state index contributed by atoms with van der Waals surface area (Å²) in [6.07, 6.45) is -1.40. The maximum atomic E-state index is 11.3. The summed E-state index contributed by atoms with van der Waals surface area (Å²) in [6.45, 7) is 1.60. The topological polar surface area (TPSA) is 157 Å². The van der Waals surface area contributed by atoms with Gasteiger partial charge in [0, 0.05) is 22.2 Å². The van der Waals surface area contributed by atoms with Gasteiger partial charge in [0.2, 0.25) is 17.1 Å².